The van der Waals surface area contributed by atoms with Gasteiger partial charge in [0.05, 0.1) is 12.8 Å². The van der Waals surface area contributed by atoms with Crippen molar-refractivity contribution < 1.29 is 14.3 Å². The van der Waals surface area contributed by atoms with Crippen LogP contribution in [0.2, 0.25) is 0 Å². The molecule has 0 fully saturated rings. The molecule has 0 radical (unpaired) electrons. The fourth-order valence-corrected chi connectivity index (χ4v) is 3.34. The lowest BCUT2D eigenvalue weighted by molar-refractivity contribution is -0.124. The Bertz CT molecular complexity index is 731. The molecule has 0 saturated carbocycles. The van der Waals surface area contributed by atoms with Crippen molar-refractivity contribution >= 4 is 5.91 Å². The van der Waals surface area contributed by atoms with Crippen LogP contribution in [0.4, 0.5) is 0 Å². The SMILES string of the molecule is COCC(=O)NC[C@@H]1CN(Cc2cccc(OC)c2)Cc2ccnn2C1. The first-order valence-corrected chi connectivity index (χ1v) is 8.79. The molecule has 0 aliphatic carbocycles. The van der Waals surface area contributed by atoms with Gasteiger partial charge in [-0.05, 0) is 23.8 Å². The van der Waals surface area contributed by atoms with Crippen molar-refractivity contribution in [2.45, 2.75) is 19.6 Å². The van der Waals surface area contributed by atoms with E-state index < -0.39 is 0 Å². The second kappa shape index (κ2) is 8.82. The van der Waals surface area contributed by atoms with Gasteiger partial charge in [-0.3, -0.25) is 14.4 Å². The van der Waals surface area contributed by atoms with Crippen molar-refractivity contribution in [3.05, 3.63) is 47.8 Å². The van der Waals surface area contributed by atoms with Crippen molar-refractivity contribution in [1.29, 1.82) is 0 Å². The summed E-state index contributed by atoms with van der Waals surface area (Å²) < 4.78 is 12.3. The van der Waals surface area contributed by atoms with Crippen LogP contribution in [0.25, 0.3) is 0 Å². The van der Waals surface area contributed by atoms with Crippen LogP contribution in [-0.2, 0) is 29.2 Å². The molecule has 1 aromatic heterocycles. The predicted octanol–water partition coefficient (Wildman–Crippen LogP) is 1.29. The molecule has 1 aliphatic heterocycles. The van der Waals surface area contributed by atoms with Gasteiger partial charge in [0, 0.05) is 51.9 Å². The maximum absolute atomic E-state index is 11.7. The fraction of sp³-hybridized carbons (Fsp3) is 0.474. The number of rotatable bonds is 7. The van der Waals surface area contributed by atoms with Crippen LogP contribution in [0.1, 0.15) is 11.3 Å². The molecule has 1 atom stereocenters. The largest absolute Gasteiger partial charge is 0.497 e. The van der Waals surface area contributed by atoms with Gasteiger partial charge in [0.1, 0.15) is 12.4 Å². The predicted molar refractivity (Wildman–Crippen MR) is 97.7 cm³/mol. The Kier molecular flexibility index (Phi) is 6.25. The van der Waals surface area contributed by atoms with Crippen molar-refractivity contribution in [2.75, 3.05) is 33.9 Å². The van der Waals surface area contributed by atoms with Crippen LogP contribution in [0.5, 0.6) is 5.75 Å². The third-order valence-electron chi connectivity index (χ3n) is 4.54. The molecule has 1 amide bonds. The van der Waals surface area contributed by atoms with E-state index in [-0.39, 0.29) is 18.4 Å². The maximum Gasteiger partial charge on any atom is 0.245 e. The van der Waals surface area contributed by atoms with E-state index in [9.17, 15) is 4.79 Å². The summed E-state index contributed by atoms with van der Waals surface area (Å²) in [5, 5.41) is 7.39. The molecule has 0 unspecified atom stereocenters. The summed E-state index contributed by atoms with van der Waals surface area (Å²) in [6.45, 7) is 4.03. The summed E-state index contributed by atoms with van der Waals surface area (Å²) in [6, 6.07) is 10.2. The maximum atomic E-state index is 11.7. The number of hydrogen-bond acceptors (Lipinski definition) is 5. The first-order valence-electron chi connectivity index (χ1n) is 8.79. The zero-order chi connectivity index (χ0) is 18.4. The normalized spacial score (nSPS) is 17.4. The van der Waals surface area contributed by atoms with Gasteiger partial charge in [-0.2, -0.15) is 5.10 Å². The van der Waals surface area contributed by atoms with Crippen LogP contribution >= 0.6 is 0 Å². The molecule has 1 aromatic carbocycles. The number of carbonyl (C=O) groups excluding carboxylic acids is 1. The number of nitrogens with zero attached hydrogens (tertiary/aromatic N) is 3. The van der Waals surface area contributed by atoms with E-state index in [1.807, 2.05) is 23.0 Å². The number of nitrogens with one attached hydrogen (secondary N) is 1. The molecule has 26 heavy (non-hydrogen) atoms. The van der Waals surface area contributed by atoms with Crippen LogP contribution < -0.4 is 10.1 Å². The Morgan fingerprint density at radius 1 is 1.31 bits per heavy atom. The second-order valence-electron chi connectivity index (χ2n) is 6.63. The average molecular weight is 358 g/mol. The highest BCUT2D eigenvalue weighted by Crippen LogP contribution is 2.20. The minimum Gasteiger partial charge on any atom is -0.497 e. The third kappa shape index (κ3) is 4.83. The number of aromatic nitrogens is 2. The van der Waals surface area contributed by atoms with Gasteiger partial charge in [0.2, 0.25) is 5.91 Å². The van der Waals surface area contributed by atoms with Crippen LogP contribution in [-0.4, -0.2) is 54.5 Å². The Morgan fingerprint density at radius 2 is 2.19 bits per heavy atom. The molecule has 2 heterocycles. The van der Waals surface area contributed by atoms with Crippen molar-refractivity contribution in [3.8, 4) is 5.75 Å². The number of amides is 1. The summed E-state index contributed by atoms with van der Waals surface area (Å²) in [5.41, 5.74) is 2.40. The van der Waals surface area contributed by atoms with Crippen LogP contribution in [0.3, 0.4) is 0 Å². The highest BCUT2D eigenvalue weighted by molar-refractivity contribution is 5.77. The minimum atomic E-state index is -0.0863. The molecule has 2 aromatic rings. The third-order valence-corrected chi connectivity index (χ3v) is 4.54. The molecule has 0 bridgehead atoms. The van der Waals surface area contributed by atoms with Gasteiger partial charge in [-0.15, -0.1) is 0 Å². The van der Waals surface area contributed by atoms with E-state index in [0.717, 1.165) is 31.9 Å². The molecular formula is C19H26N4O3. The van der Waals surface area contributed by atoms with E-state index in [1.54, 1.807) is 7.11 Å². The average Bonchev–Trinajstić information content (AvgIpc) is 2.99. The van der Waals surface area contributed by atoms with E-state index in [4.69, 9.17) is 9.47 Å². The summed E-state index contributed by atoms with van der Waals surface area (Å²) in [4.78, 5) is 14.1. The van der Waals surface area contributed by atoms with E-state index in [2.05, 4.69) is 33.5 Å². The molecule has 140 valence electrons. The quantitative estimate of drug-likeness (QED) is 0.808. The summed E-state index contributed by atoms with van der Waals surface area (Å²) in [5.74, 6) is 1.06. The first-order chi connectivity index (χ1) is 12.7. The topological polar surface area (TPSA) is 68.6 Å². The second-order valence-corrected chi connectivity index (χ2v) is 6.63. The molecule has 7 heteroatoms. The summed E-state index contributed by atoms with van der Waals surface area (Å²) in [7, 11) is 3.21. The van der Waals surface area contributed by atoms with Gasteiger partial charge >= 0.3 is 0 Å². The molecule has 1 aliphatic rings. The number of benzene rings is 1. The molecule has 1 N–H and O–H groups in total. The Morgan fingerprint density at radius 3 is 3.00 bits per heavy atom. The van der Waals surface area contributed by atoms with Gasteiger partial charge < -0.3 is 14.8 Å². The van der Waals surface area contributed by atoms with Gasteiger partial charge in [-0.1, -0.05) is 12.1 Å². The summed E-state index contributed by atoms with van der Waals surface area (Å²) >= 11 is 0. The summed E-state index contributed by atoms with van der Waals surface area (Å²) in [6.07, 6.45) is 1.84. The molecule has 0 saturated heterocycles. The zero-order valence-corrected chi connectivity index (χ0v) is 15.4. The Labute approximate surface area is 153 Å². The van der Waals surface area contributed by atoms with E-state index in [0.29, 0.717) is 6.54 Å². The number of fused-ring (bicyclic) bond motifs is 1. The monoisotopic (exact) mass is 358 g/mol. The smallest absolute Gasteiger partial charge is 0.245 e. The zero-order valence-electron chi connectivity index (χ0n) is 15.4. The minimum absolute atomic E-state index is 0.0863. The number of methoxy groups -OCH3 is 2. The van der Waals surface area contributed by atoms with Crippen molar-refractivity contribution in [3.63, 3.8) is 0 Å². The standard InChI is InChI=1S/C19H26N4O3/c1-25-14-19(24)20-9-16-11-22(13-17-6-7-21-23(17)12-16)10-15-4-3-5-18(8-15)26-2/h3-8,16H,9-14H2,1-2H3,(H,20,24)/t16-/m1/s1. The van der Waals surface area contributed by atoms with Crippen molar-refractivity contribution in [2.24, 2.45) is 5.92 Å². The number of ether oxygens (including phenoxy) is 2. The van der Waals surface area contributed by atoms with Crippen LogP contribution in [0, 0.1) is 5.92 Å². The first kappa shape index (κ1) is 18.4. The molecule has 3 rings (SSSR count). The lowest BCUT2D eigenvalue weighted by Crippen LogP contribution is -2.37. The van der Waals surface area contributed by atoms with Crippen LogP contribution in [0.15, 0.2) is 36.5 Å². The molecule has 7 nitrogen and oxygen atoms in total. The lowest BCUT2D eigenvalue weighted by Gasteiger charge is -2.24. The molecule has 0 spiro atoms. The van der Waals surface area contributed by atoms with E-state index >= 15 is 0 Å². The number of carbonyl (C=O) groups is 1. The number of hydrogen-bond donors (Lipinski definition) is 1. The Balaban J connectivity index is 1.69. The van der Waals surface area contributed by atoms with E-state index in [1.165, 1.54) is 18.4 Å². The lowest BCUT2D eigenvalue weighted by atomic mass is 10.1. The van der Waals surface area contributed by atoms with Crippen molar-refractivity contribution in [1.82, 2.24) is 20.0 Å². The molecular weight excluding hydrogens is 332 g/mol. The highest BCUT2D eigenvalue weighted by atomic mass is 16.5. The Hall–Kier alpha value is -2.38. The van der Waals surface area contributed by atoms with Gasteiger partial charge in [-0.25, -0.2) is 0 Å². The van der Waals surface area contributed by atoms with Gasteiger partial charge in [0.15, 0.2) is 0 Å². The van der Waals surface area contributed by atoms with Gasteiger partial charge in [0.25, 0.3) is 0 Å². The fourth-order valence-electron chi connectivity index (χ4n) is 3.34. The highest BCUT2D eigenvalue weighted by Gasteiger charge is 2.23.